The molecule has 6 nitrogen and oxygen atoms in total. The molecule has 2 aromatic rings. The summed E-state index contributed by atoms with van der Waals surface area (Å²) < 4.78 is 0. The summed E-state index contributed by atoms with van der Waals surface area (Å²) in [5.41, 5.74) is 1.82. The summed E-state index contributed by atoms with van der Waals surface area (Å²) >= 11 is 7.51. The SMILES string of the molecule is CN=C(NCCCC(=O)Nc1ccc(Cl)cc1)NCc1nc(C)c(C)s1.I. The van der Waals surface area contributed by atoms with E-state index in [1.807, 2.05) is 6.92 Å². The van der Waals surface area contributed by atoms with Crippen molar-refractivity contribution in [2.75, 3.05) is 18.9 Å². The summed E-state index contributed by atoms with van der Waals surface area (Å²) in [5.74, 6) is 0.680. The second-order valence-electron chi connectivity index (χ2n) is 5.76. The van der Waals surface area contributed by atoms with Crippen LogP contribution in [0.25, 0.3) is 0 Å². The van der Waals surface area contributed by atoms with E-state index in [1.54, 1.807) is 42.6 Å². The van der Waals surface area contributed by atoms with Crippen molar-refractivity contribution >= 4 is 64.5 Å². The molecule has 0 aliphatic carbocycles. The van der Waals surface area contributed by atoms with Gasteiger partial charge in [-0.2, -0.15) is 0 Å². The van der Waals surface area contributed by atoms with E-state index in [-0.39, 0.29) is 29.9 Å². The van der Waals surface area contributed by atoms with Gasteiger partial charge in [-0.3, -0.25) is 9.79 Å². The molecule has 0 fully saturated rings. The Kier molecular flexibility index (Phi) is 10.6. The molecule has 0 radical (unpaired) electrons. The molecule has 1 heterocycles. The molecule has 1 amide bonds. The number of rotatable bonds is 7. The highest BCUT2D eigenvalue weighted by Gasteiger charge is 2.06. The maximum absolute atomic E-state index is 11.9. The maximum Gasteiger partial charge on any atom is 0.224 e. The first-order chi connectivity index (χ1) is 12.5. The van der Waals surface area contributed by atoms with Crippen LogP contribution in [0.1, 0.15) is 28.4 Å². The standard InChI is InChI=1S/C18H24ClN5OS.HI/c1-12-13(2)26-17(23-12)11-22-18(20-3)21-10-4-5-16(25)24-15-8-6-14(19)7-9-15;/h6-9H,4-5,10-11H2,1-3H3,(H,24,25)(H2,20,21,22);1H. The van der Waals surface area contributed by atoms with Crippen molar-refractivity contribution in [2.24, 2.45) is 4.99 Å². The number of carbonyl (C=O) groups is 1. The molecule has 148 valence electrons. The van der Waals surface area contributed by atoms with Gasteiger partial charge in [-0.15, -0.1) is 35.3 Å². The Morgan fingerprint density at radius 2 is 1.93 bits per heavy atom. The second kappa shape index (κ2) is 12.1. The molecule has 27 heavy (non-hydrogen) atoms. The van der Waals surface area contributed by atoms with Gasteiger partial charge in [0.25, 0.3) is 0 Å². The Bertz CT molecular complexity index is 744. The summed E-state index contributed by atoms with van der Waals surface area (Å²) in [7, 11) is 1.72. The minimum atomic E-state index is -0.0224. The van der Waals surface area contributed by atoms with Gasteiger partial charge in [0, 0.05) is 35.6 Å². The fourth-order valence-corrected chi connectivity index (χ4v) is 3.21. The first-order valence-electron chi connectivity index (χ1n) is 8.40. The quantitative estimate of drug-likeness (QED) is 0.222. The third kappa shape index (κ3) is 8.44. The predicted octanol–water partition coefficient (Wildman–Crippen LogP) is 4.12. The van der Waals surface area contributed by atoms with E-state index in [0.717, 1.165) is 16.4 Å². The topological polar surface area (TPSA) is 78.4 Å². The van der Waals surface area contributed by atoms with Gasteiger partial charge in [0.05, 0.1) is 12.2 Å². The number of benzene rings is 1. The Labute approximate surface area is 186 Å². The average molecular weight is 522 g/mol. The number of amides is 1. The van der Waals surface area contributed by atoms with Crippen molar-refractivity contribution in [1.29, 1.82) is 0 Å². The van der Waals surface area contributed by atoms with E-state index in [2.05, 4.69) is 32.9 Å². The van der Waals surface area contributed by atoms with Crippen LogP contribution < -0.4 is 16.0 Å². The van der Waals surface area contributed by atoms with E-state index in [4.69, 9.17) is 11.6 Å². The number of carbonyl (C=O) groups excluding carboxylic acids is 1. The summed E-state index contributed by atoms with van der Waals surface area (Å²) in [6, 6.07) is 7.07. The lowest BCUT2D eigenvalue weighted by Crippen LogP contribution is -2.37. The Morgan fingerprint density at radius 1 is 1.22 bits per heavy atom. The number of nitrogens with zero attached hydrogens (tertiary/aromatic N) is 2. The maximum atomic E-state index is 11.9. The molecule has 0 saturated heterocycles. The van der Waals surface area contributed by atoms with Crippen LogP contribution in [-0.2, 0) is 11.3 Å². The lowest BCUT2D eigenvalue weighted by molar-refractivity contribution is -0.116. The number of thiazole rings is 1. The van der Waals surface area contributed by atoms with Crippen LogP contribution in [0, 0.1) is 13.8 Å². The number of halogens is 2. The molecule has 0 aliphatic heterocycles. The van der Waals surface area contributed by atoms with Gasteiger partial charge in [-0.05, 0) is 44.5 Å². The lowest BCUT2D eigenvalue weighted by atomic mass is 10.2. The largest absolute Gasteiger partial charge is 0.356 e. The molecule has 0 saturated carbocycles. The number of guanidine groups is 1. The highest BCUT2D eigenvalue weighted by molar-refractivity contribution is 14.0. The minimum absolute atomic E-state index is 0. The van der Waals surface area contributed by atoms with Gasteiger partial charge in [-0.25, -0.2) is 4.98 Å². The first-order valence-corrected chi connectivity index (χ1v) is 9.60. The zero-order valence-corrected chi connectivity index (χ0v) is 19.5. The van der Waals surface area contributed by atoms with E-state index < -0.39 is 0 Å². The van der Waals surface area contributed by atoms with Crippen LogP contribution in [0.3, 0.4) is 0 Å². The molecule has 1 aromatic carbocycles. The van der Waals surface area contributed by atoms with Gasteiger partial charge in [0.15, 0.2) is 5.96 Å². The second-order valence-corrected chi connectivity index (χ2v) is 7.48. The Hall–Kier alpha value is -1.39. The number of hydrogen-bond acceptors (Lipinski definition) is 4. The zero-order valence-electron chi connectivity index (χ0n) is 15.6. The first kappa shape index (κ1) is 23.6. The normalized spacial score (nSPS) is 10.9. The molecule has 0 aliphatic rings. The molecule has 0 bridgehead atoms. The van der Waals surface area contributed by atoms with Crippen molar-refractivity contribution in [2.45, 2.75) is 33.2 Å². The van der Waals surface area contributed by atoms with Crippen molar-refractivity contribution in [3.63, 3.8) is 0 Å². The van der Waals surface area contributed by atoms with E-state index in [0.29, 0.717) is 36.9 Å². The summed E-state index contributed by atoms with van der Waals surface area (Å²) in [5, 5.41) is 11.0. The Morgan fingerprint density at radius 3 is 2.52 bits per heavy atom. The smallest absolute Gasteiger partial charge is 0.224 e. The molecule has 9 heteroatoms. The van der Waals surface area contributed by atoms with Crippen LogP contribution in [0.4, 0.5) is 5.69 Å². The van der Waals surface area contributed by atoms with Gasteiger partial charge >= 0.3 is 0 Å². The molecule has 1 aromatic heterocycles. The highest BCUT2D eigenvalue weighted by Crippen LogP contribution is 2.16. The number of aromatic nitrogens is 1. The third-order valence-corrected chi connectivity index (χ3v) is 5.03. The zero-order chi connectivity index (χ0) is 18.9. The molecule has 0 unspecified atom stereocenters. The molecular weight excluding hydrogens is 497 g/mol. The van der Waals surface area contributed by atoms with Gasteiger partial charge in [0.2, 0.25) is 5.91 Å². The molecule has 0 spiro atoms. The van der Waals surface area contributed by atoms with Gasteiger partial charge in [-0.1, -0.05) is 11.6 Å². The van der Waals surface area contributed by atoms with Crippen LogP contribution in [-0.4, -0.2) is 30.4 Å². The minimum Gasteiger partial charge on any atom is -0.356 e. The van der Waals surface area contributed by atoms with E-state index >= 15 is 0 Å². The van der Waals surface area contributed by atoms with Crippen LogP contribution >= 0.6 is 46.9 Å². The molecule has 0 atom stereocenters. The van der Waals surface area contributed by atoms with Gasteiger partial charge in [0.1, 0.15) is 5.01 Å². The molecular formula is C18H25ClIN5OS. The number of aliphatic imine (C=N–C) groups is 1. The van der Waals surface area contributed by atoms with Gasteiger partial charge < -0.3 is 16.0 Å². The molecule has 2 rings (SSSR count). The van der Waals surface area contributed by atoms with Crippen LogP contribution in [0.2, 0.25) is 5.02 Å². The predicted molar refractivity (Wildman–Crippen MR) is 125 cm³/mol. The van der Waals surface area contributed by atoms with Crippen molar-refractivity contribution in [3.8, 4) is 0 Å². The monoisotopic (exact) mass is 521 g/mol. The summed E-state index contributed by atoms with van der Waals surface area (Å²) in [6.45, 7) is 5.37. The van der Waals surface area contributed by atoms with Crippen molar-refractivity contribution in [1.82, 2.24) is 15.6 Å². The lowest BCUT2D eigenvalue weighted by Gasteiger charge is -2.11. The summed E-state index contributed by atoms with van der Waals surface area (Å²) in [4.78, 5) is 21.8. The number of anilines is 1. The number of hydrogen-bond donors (Lipinski definition) is 3. The summed E-state index contributed by atoms with van der Waals surface area (Å²) in [6.07, 6.45) is 1.13. The highest BCUT2D eigenvalue weighted by atomic mass is 127. The molecule has 3 N–H and O–H groups in total. The fraction of sp³-hybridized carbons (Fsp3) is 0.389. The fourth-order valence-electron chi connectivity index (χ4n) is 2.21. The third-order valence-electron chi connectivity index (χ3n) is 3.70. The average Bonchev–Trinajstić information content (AvgIpc) is 2.94. The van der Waals surface area contributed by atoms with Crippen LogP contribution in [0.15, 0.2) is 29.3 Å². The van der Waals surface area contributed by atoms with E-state index in [9.17, 15) is 4.79 Å². The van der Waals surface area contributed by atoms with Crippen molar-refractivity contribution < 1.29 is 4.79 Å². The van der Waals surface area contributed by atoms with Crippen molar-refractivity contribution in [3.05, 3.63) is 44.9 Å². The number of nitrogens with one attached hydrogen (secondary N) is 3. The number of aryl methyl sites for hydroxylation is 2. The Balaban J connectivity index is 0.00000364. The van der Waals surface area contributed by atoms with Crippen LogP contribution in [0.5, 0.6) is 0 Å². The van der Waals surface area contributed by atoms with E-state index in [1.165, 1.54) is 4.88 Å².